The molecule has 0 aliphatic carbocycles. The van der Waals surface area contributed by atoms with Crippen LogP contribution in [-0.2, 0) is 9.59 Å². The fourth-order valence-electron chi connectivity index (χ4n) is 2.94. The van der Waals surface area contributed by atoms with Crippen molar-refractivity contribution in [2.24, 2.45) is 5.10 Å². The minimum atomic E-state index is -0.363. The van der Waals surface area contributed by atoms with Crippen molar-refractivity contribution in [2.75, 3.05) is 7.11 Å². The molecule has 0 saturated carbocycles. The van der Waals surface area contributed by atoms with E-state index >= 15 is 0 Å². The van der Waals surface area contributed by atoms with Gasteiger partial charge in [0.05, 0.1) is 18.9 Å². The van der Waals surface area contributed by atoms with Gasteiger partial charge in [-0.3, -0.25) is 9.59 Å². The van der Waals surface area contributed by atoms with Crippen molar-refractivity contribution < 1.29 is 19.1 Å². The van der Waals surface area contributed by atoms with Crippen LogP contribution in [0.4, 0.5) is 0 Å². The molecule has 2 aromatic carbocycles. The first-order valence-corrected chi connectivity index (χ1v) is 8.28. The molecule has 134 valence electrons. The molecule has 0 N–H and O–H groups in total. The zero-order valence-corrected chi connectivity index (χ0v) is 14.9. The Kier molecular flexibility index (Phi) is 5.02. The number of carbonyl (C=O) groups excluding carboxylic acids is 2. The van der Waals surface area contributed by atoms with Gasteiger partial charge < -0.3 is 9.47 Å². The summed E-state index contributed by atoms with van der Waals surface area (Å²) in [6.07, 6.45) is 0.610. The summed E-state index contributed by atoms with van der Waals surface area (Å²) < 4.78 is 10.2. The standard InChI is InChI=1S/C20H20N2O4/c1-13(23)22-20(16-6-8-17(25-3)9-7-16)12-19(21-22)15-4-10-18(11-5-15)26-14(2)24/h4-11,20H,12H2,1-3H3. The number of hydrazone groups is 1. The monoisotopic (exact) mass is 352 g/mol. The van der Waals surface area contributed by atoms with Gasteiger partial charge >= 0.3 is 5.97 Å². The lowest BCUT2D eigenvalue weighted by Gasteiger charge is -2.20. The van der Waals surface area contributed by atoms with Gasteiger partial charge in [-0.25, -0.2) is 5.01 Å². The molecule has 26 heavy (non-hydrogen) atoms. The zero-order chi connectivity index (χ0) is 18.7. The highest BCUT2D eigenvalue weighted by Crippen LogP contribution is 2.33. The van der Waals surface area contributed by atoms with Gasteiger partial charge in [-0.1, -0.05) is 12.1 Å². The van der Waals surface area contributed by atoms with Crippen LogP contribution in [0.2, 0.25) is 0 Å². The highest BCUT2D eigenvalue weighted by Gasteiger charge is 2.31. The van der Waals surface area contributed by atoms with E-state index < -0.39 is 0 Å². The SMILES string of the molecule is COc1ccc(C2CC(c3ccc(OC(C)=O)cc3)=NN2C(C)=O)cc1. The predicted octanol–water partition coefficient (Wildman–Crippen LogP) is 3.32. The number of rotatable bonds is 4. The topological polar surface area (TPSA) is 68.2 Å². The van der Waals surface area contributed by atoms with E-state index in [1.54, 1.807) is 19.2 Å². The highest BCUT2D eigenvalue weighted by atomic mass is 16.5. The van der Waals surface area contributed by atoms with Gasteiger partial charge in [-0.15, -0.1) is 0 Å². The first kappa shape index (κ1) is 17.7. The number of nitrogens with zero attached hydrogens (tertiary/aromatic N) is 2. The molecule has 3 rings (SSSR count). The van der Waals surface area contributed by atoms with Gasteiger partial charge in [-0.05, 0) is 47.5 Å². The number of ether oxygens (including phenoxy) is 2. The Balaban J connectivity index is 1.84. The summed E-state index contributed by atoms with van der Waals surface area (Å²) in [7, 11) is 1.62. The second kappa shape index (κ2) is 7.39. The van der Waals surface area contributed by atoms with Gasteiger partial charge in [-0.2, -0.15) is 5.10 Å². The summed E-state index contributed by atoms with van der Waals surface area (Å²) in [6.45, 7) is 2.87. The van der Waals surface area contributed by atoms with Crippen LogP contribution in [-0.4, -0.2) is 29.7 Å². The van der Waals surface area contributed by atoms with Crippen LogP contribution in [0, 0.1) is 0 Å². The number of methoxy groups -OCH3 is 1. The molecule has 0 aromatic heterocycles. The number of hydrogen-bond acceptors (Lipinski definition) is 5. The van der Waals surface area contributed by atoms with Crippen molar-refractivity contribution in [2.45, 2.75) is 26.3 Å². The summed E-state index contributed by atoms with van der Waals surface area (Å²) >= 11 is 0. The molecule has 1 aliphatic heterocycles. The van der Waals surface area contributed by atoms with Crippen LogP contribution < -0.4 is 9.47 Å². The van der Waals surface area contributed by atoms with E-state index in [0.717, 1.165) is 22.6 Å². The zero-order valence-electron chi connectivity index (χ0n) is 14.9. The Morgan fingerprint density at radius 1 is 1.00 bits per heavy atom. The Morgan fingerprint density at radius 2 is 1.62 bits per heavy atom. The smallest absolute Gasteiger partial charge is 0.308 e. The molecule has 0 radical (unpaired) electrons. The Bertz CT molecular complexity index is 841. The first-order valence-electron chi connectivity index (χ1n) is 8.28. The quantitative estimate of drug-likeness (QED) is 0.625. The summed E-state index contributed by atoms with van der Waals surface area (Å²) in [5.41, 5.74) is 2.70. The normalized spacial score (nSPS) is 16.2. The number of hydrogen-bond donors (Lipinski definition) is 0. The van der Waals surface area contributed by atoms with Gasteiger partial charge in [0.15, 0.2) is 0 Å². The Morgan fingerprint density at radius 3 is 2.15 bits per heavy atom. The lowest BCUT2D eigenvalue weighted by atomic mass is 9.98. The second-order valence-corrected chi connectivity index (χ2v) is 6.02. The van der Waals surface area contributed by atoms with Crippen molar-refractivity contribution in [3.8, 4) is 11.5 Å². The maximum absolute atomic E-state index is 12.0. The van der Waals surface area contributed by atoms with Crippen LogP contribution in [0.5, 0.6) is 11.5 Å². The van der Waals surface area contributed by atoms with Crippen LogP contribution >= 0.6 is 0 Å². The summed E-state index contributed by atoms with van der Waals surface area (Å²) in [4.78, 5) is 23.1. The highest BCUT2D eigenvalue weighted by molar-refractivity contribution is 6.03. The van der Waals surface area contributed by atoms with E-state index in [-0.39, 0.29) is 17.9 Å². The third kappa shape index (κ3) is 3.74. The first-order chi connectivity index (χ1) is 12.5. The van der Waals surface area contributed by atoms with E-state index in [4.69, 9.17) is 9.47 Å². The third-order valence-corrected chi connectivity index (χ3v) is 4.18. The van der Waals surface area contributed by atoms with Gasteiger partial charge in [0.2, 0.25) is 5.91 Å². The number of esters is 1. The minimum absolute atomic E-state index is 0.114. The molecular weight excluding hydrogens is 332 g/mol. The molecule has 0 bridgehead atoms. The van der Waals surface area contributed by atoms with Crippen molar-refractivity contribution in [3.63, 3.8) is 0 Å². The van der Waals surface area contributed by atoms with Crippen molar-refractivity contribution >= 4 is 17.6 Å². The van der Waals surface area contributed by atoms with E-state index in [2.05, 4.69) is 5.10 Å². The van der Waals surface area contributed by atoms with Gasteiger partial charge in [0.25, 0.3) is 0 Å². The fraction of sp³-hybridized carbons (Fsp3) is 0.250. The van der Waals surface area contributed by atoms with E-state index in [1.165, 1.54) is 18.9 Å². The molecule has 1 atom stereocenters. The minimum Gasteiger partial charge on any atom is -0.497 e. The lowest BCUT2D eigenvalue weighted by Crippen LogP contribution is -2.24. The molecule has 6 heteroatoms. The molecule has 0 saturated heterocycles. The summed E-state index contributed by atoms with van der Waals surface area (Å²) in [6, 6.07) is 14.6. The van der Waals surface area contributed by atoms with Crippen LogP contribution in [0.1, 0.15) is 37.4 Å². The van der Waals surface area contributed by atoms with Crippen LogP contribution in [0.25, 0.3) is 0 Å². The third-order valence-electron chi connectivity index (χ3n) is 4.18. The number of benzene rings is 2. The van der Waals surface area contributed by atoms with Crippen molar-refractivity contribution in [3.05, 3.63) is 59.7 Å². The number of amides is 1. The van der Waals surface area contributed by atoms with Crippen molar-refractivity contribution in [1.82, 2.24) is 5.01 Å². The molecule has 1 amide bonds. The summed E-state index contributed by atoms with van der Waals surface area (Å²) in [5.74, 6) is 0.772. The average Bonchev–Trinajstić information content (AvgIpc) is 3.07. The largest absolute Gasteiger partial charge is 0.497 e. The van der Waals surface area contributed by atoms with Crippen molar-refractivity contribution in [1.29, 1.82) is 0 Å². The number of carbonyl (C=O) groups is 2. The van der Waals surface area contributed by atoms with E-state index in [1.807, 2.05) is 36.4 Å². The van der Waals surface area contributed by atoms with Crippen LogP contribution in [0.15, 0.2) is 53.6 Å². The molecule has 1 unspecified atom stereocenters. The molecule has 1 heterocycles. The Hall–Kier alpha value is -3.15. The molecule has 0 fully saturated rings. The molecule has 6 nitrogen and oxygen atoms in total. The fourth-order valence-corrected chi connectivity index (χ4v) is 2.94. The van der Waals surface area contributed by atoms with E-state index in [0.29, 0.717) is 12.2 Å². The Labute approximate surface area is 152 Å². The molecule has 0 spiro atoms. The van der Waals surface area contributed by atoms with E-state index in [9.17, 15) is 9.59 Å². The molecular formula is C20H20N2O4. The van der Waals surface area contributed by atoms with Gasteiger partial charge in [0.1, 0.15) is 11.5 Å². The molecule has 2 aromatic rings. The summed E-state index contributed by atoms with van der Waals surface area (Å²) in [5, 5.41) is 6.02. The maximum atomic E-state index is 12.0. The van der Waals surface area contributed by atoms with Gasteiger partial charge in [0, 0.05) is 20.3 Å². The van der Waals surface area contributed by atoms with Crippen LogP contribution in [0.3, 0.4) is 0 Å². The average molecular weight is 352 g/mol. The predicted molar refractivity (Wildman–Crippen MR) is 97.2 cm³/mol. The second-order valence-electron chi connectivity index (χ2n) is 6.02. The molecule has 1 aliphatic rings. The lowest BCUT2D eigenvalue weighted by molar-refractivity contribution is -0.132. The maximum Gasteiger partial charge on any atom is 0.308 e.